The quantitative estimate of drug-likeness (QED) is 0.535. The number of rotatable bonds is 0. The summed E-state index contributed by atoms with van der Waals surface area (Å²) in [5.41, 5.74) is 1.04. The largest absolute Gasteiger partial charge is 0.193 e. The SMILES string of the molecule is N#CC1=C[C@@H]2CCCC[C@@H]2CC1. The van der Waals surface area contributed by atoms with Crippen LogP contribution in [0.3, 0.4) is 0 Å². The molecule has 0 radical (unpaired) electrons. The van der Waals surface area contributed by atoms with Gasteiger partial charge in [-0.25, -0.2) is 0 Å². The van der Waals surface area contributed by atoms with Gasteiger partial charge in [-0.2, -0.15) is 5.26 Å². The summed E-state index contributed by atoms with van der Waals surface area (Å²) in [7, 11) is 0. The van der Waals surface area contributed by atoms with Crippen LogP contribution in [0, 0.1) is 23.2 Å². The van der Waals surface area contributed by atoms with Gasteiger partial charge in [0.05, 0.1) is 6.07 Å². The predicted molar refractivity (Wildman–Crippen MR) is 48.4 cm³/mol. The molecular formula is C11H15N. The fourth-order valence-electron chi connectivity index (χ4n) is 2.59. The van der Waals surface area contributed by atoms with Crippen LogP contribution in [0.4, 0.5) is 0 Å². The number of fused-ring (bicyclic) bond motifs is 1. The van der Waals surface area contributed by atoms with Gasteiger partial charge in [0, 0.05) is 5.57 Å². The molecule has 2 atom stereocenters. The maximum absolute atomic E-state index is 8.76. The third-order valence-electron chi connectivity index (χ3n) is 3.31. The van der Waals surface area contributed by atoms with Gasteiger partial charge in [-0.3, -0.25) is 0 Å². The number of nitrogens with zero attached hydrogens (tertiary/aromatic N) is 1. The first-order valence-electron chi connectivity index (χ1n) is 5.01. The minimum atomic E-state index is 0.752. The van der Waals surface area contributed by atoms with Crippen molar-refractivity contribution in [1.29, 1.82) is 5.26 Å². The Bertz CT molecular complexity index is 234. The Hall–Kier alpha value is -0.770. The molecule has 0 saturated heterocycles. The van der Waals surface area contributed by atoms with Gasteiger partial charge in [0.25, 0.3) is 0 Å². The summed E-state index contributed by atoms with van der Waals surface area (Å²) < 4.78 is 0. The highest BCUT2D eigenvalue weighted by Gasteiger charge is 2.26. The zero-order valence-electron chi connectivity index (χ0n) is 7.42. The van der Waals surface area contributed by atoms with E-state index in [4.69, 9.17) is 5.26 Å². The topological polar surface area (TPSA) is 23.8 Å². The van der Waals surface area contributed by atoms with E-state index in [1.807, 2.05) is 0 Å². The summed E-state index contributed by atoms with van der Waals surface area (Å²) in [5, 5.41) is 8.76. The van der Waals surface area contributed by atoms with Crippen molar-refractivity contribution in [2.24, 2.45) is 11.8 Å². The Morgan fingerprint density at radius 2 is 2.08 bits per heavy atom. The Morgan fingerprint density at radius 1 is 1.25 bits per heavy atom. The van der Waals surface area contributed by atoms with Gasteiger partial charge in [0.15, 0.2) is 0 Å². The zero-order chi connectivity index (χ0) is 8.39. The predicted octanol–water partition coefficient (Wildman–Crippen LogP) is 3.04. The molecule has 1 nitrogen and oxygen atoms in total. The number of hydrogen-bond acceptors (Lipinski definition) is 1. The van der Waals surface area contributed by atoms with Crippen molar-refractivity contribution in [3.63, 3.8) is 0 Å². The highest BCUT2D eigenvalue weighted by molar-refractivity contribution is 5.24. The highest BCUT2D eigenvalue weighted by atomic mass is 14.3. The average Bonchev–Trinajstić information content (AvgIpc) is 2.17. The first kappa shape index (κ1) is 7.86. The Kier molecular flexibility index (Phi) is 2.17. The summed E-state index contributed by atoms with van der Waals surface area (Å²) in [4.78, 5) is 0. The van der Waals surface area contributed by atoms with Crippen LogP contribution >= 0.6 is 0 Å². The first-order chi connectivity index (χ1) is 5.90. The smallest absolute Gasteiger partial charge is 0.0943 e. The van der Waals surface area contributed by atoms with Crippen molar-refractivity contribution >= 4 is 0 Å². The van der Waals surface area contributed by atoms with Gasteiger partial charge >= 0.3 is 0 Å². The van der Waals surface area contributed by atoms with Gasteiger partial charge in [-0.1, -0.05) is 18.9 Å². The van der Waals surface area contributed by atoms with Crippen LogP contribution in [-0.4, -0.2) is 0 Å². The molecule has 0 aromatic rings. The molecule has 0 spiro atoms. The van der Waals surface area contributed by atoms with Gasteiger partial charge in [0.1, 0.15) is 0 Å². The lowest BCUT2D eigenvalue weighted by Crippen LogP contribution is -2.21. The van der Waals surface area contributed by atoms with Crippen molar-refractivity contribution in [2.75, 3.05) is 0 Å². The first-order valence-corrected chi connectivity index (χ1v) is 5.01. The van der Waals surface area contributed by atoms with Crippen LogP contribution in [-0.2, 0) is 0 Å². The number of allylic oxidation sites excluding steroid dienone is 2. The van der Waals surface area contributed by atoms with E-state index in [1.165, 1.54) is 32.1 Å². The summed E-state index contributed by atoms with van der Waals surface area (Å²) >= 11 is 0. The van der Waals surface area contributed by atoms with E-state index in [0.717, 1.165) is 23.8 Å². The molecule has 0 unspecified atom stereocenters. The van der Waals surface area contributed by atoms with Crippen LogP contribution < -0.4 is 0 Å². The highest BCUT2D eigenvalue weighted by Crippen LogP contribution is 2.38. The van der Waals surface area contributed by atoms with Crippen LogP contribution in [0.15, 0.2) is 11.6 Å². The molecule has 2 rings (SSSR count). The van der Waals surface area contributed by atoms with Crippen molar-refractivity contribution in [1.82, 2.24) is 0 Å². The zero-order valence-corrected chi connectivity index (χ0v) is 7.42. The van der Waals surface area contributed by atoms with Crippen LogP contribution in [0.25, 0.3) is 0 Å². The maximum atomic E-state index is 8.76. The monoisotopic (exact) mass is 161 g/mol. The average molecular weight is 161 g/mol. The van der Waals surface area contributed by atoms with E-state index in [-0.39, 0.29) is 0 Å². The molecule has 2 aliphatic carbocycles. The number of hydrogen-bond donors (Lipinski definition) is 0. The Labute approximate surface area is 74.1 Å². The minimum Gasteiger partial charge on any atom is -0.193 e. The third-order valence-corrected chi connectivity index (χ3v) is 3.31. The third kappa shape index (κ3) is 1.39. The normalized spacial score (nSPS) is 34.8. The molecule has 0 aliphatic heterocycles. The molecule has 0 aromatic carbocycles. The van der Waals surface area contributed by atoms with Crippen LogP contribution in [0.2, 0.25) is 0 Å². The van der Waals surface area contributed by atoms with E-state index in [0.29, 0.717) is 0 Å². The van der Waals surface area contributed by atoms with E-state index in [9.17, 15) is 0 Å². The fraction of sp³-hybridized carbons (Fsp3) is 0.727. The molecule has 64 valence electrons. The second kappa shape index (κ2) is 3.31. The van der Waals surface area contributed by atoms with Gasteiger partial charge in [-0.05, 0) is 37.5 Å². The van der Waals surface area contributed by atoms with Crippen molar-refractivity contribution < 1.29 is 0 Å². The molecule has 1 heteroatoms. The molecule has 0 aromatic heterocycles. The molecule has 2 aliphatic rings. The van der Waals surface area contributed by atoms with E-state index in [2.05, 4.69) is 12.1 Å². The molecule has 0 N–H and O–H groups in total. The second-order valence-electron chi connectivity index (χ2n) is 4.05. The van der Waals surface area contributed by atoms with E-state index >= 15 is 0 Å². The summed E-state index contributed by atoms with van der Waals surface area (Å²) in [6.07, 6.45) is 10.1. The van der Waals surface area contributed by atoms with Crippen LogP contribution in [0.5, 0.6) is 0 Å². The lowest BCUT2D eigenvalue weighted by atomic mass is 9.72. The van der Waals surface area contributed by atoms with Crippen LogP contribution in [0.1, 0.15) is 38.5 Å². The molecule has 12 heavy (non-hydrogen) atoms. The summed E-state index contributed by atoms with van der Waals surface area (Å²) in [5.74, 6) is 1.66. The van der Waals surface area contributed by atoms with Crippen molar-refractivity contribution in [3.8, 4) is 6.07 Å². The number of nitriles is 1. The Balaban J connectivity index is 2.11. The summed E-state index contributed by atoms with van der Waals surface area (Å²) in [6, 6.07) is 2.30. The van der Waals surface area contributed by atoms with E-state index in [1.54, 1.807) is 0 Å². The molecule has 0 heterocycles. The molecule has 1 fully saturated rings. The maximum Gasteiger partial charge on any atom is 0.0943 e. The minimum absolute atomic E-state index is 0.752. The summed E-state index contributed by atoms with van der Waals surface area (Å²) in [6.45, 7) is 0. The molecule has 0 bridgehead atoms. The lowest BCUT2D eigenvalue weighted by Gasteiger charge is -2.32. The van der Waals surface area contributed by atoms with Crippen molar-refractivity contribution in [3.05, 3.63) is 11.6 Å². The molecule has 0 amide bonds. The van der Waals surface area contributed by atoms with Gasteiger partial charge in [0.2, 0.25) is 0 Å². The molecule has 1 saturated carbocycles. The molecular weight excluding hydrogens is 146 g/mol. The standard InChI is InChI=1S/C11H15N/c12-8-9-5-6-10-3-1-2-4-11(10)7-9/h7,10-11H,1-6H2/t10-,11+/m1/s1. The Morgan fingerprint density at radius 3 is 2.92 bits per heavy atom. The van der Waals surface area contributed by atoms with E-state index < -0.39 is 0 Å². The van der Waals surface area contributed by atoms with Gasteiger partial charge in [-0.15, -0.1) is 0 Å². The second-order valence-corrected chi connectivity index (χ2v) is 4.05. The van der Waals surface area contributed by atoms with Gasteiger partial charge < -0.3 is 0 Å². The van der Waals surface area contributed by atoms with Crippen molar-refractivity contribution in [2.45, 2.75) is 38.5 Å². The lowest BCUT2D eigenvalue weighted by molar-refractivity contribution is 0.257. The fourth-order valence-corrected chi connectivity index (χ4v) is 2.59.